The van der Waals surface area contributed by atoms with E-state index in [2.05, 4.69) is 56.4 Å². The third kappa shape index (κ3) is 3.35. The lowest BCUT2D eigenvalue weighted by molar-refractivity contribution is 0.500. The molecule has 1 N–H and O–H groups in total. The number of thiophene rings is 1. The normalized spacial score (nSPS) is 14.4. The third-order valence-corrected chi connectivity index (χ3v) is 4.48. The van der Waals surface area contributed by atoms with Crippen LogP contribution >= 0.6 is 22.9 Å². The largest absolute Gasteiger partial charge is 0.303 e. The van der Waals surface area contributed by atoms with E-state index in [0.29, 0.717) is 12.1 Å². The molecule has 2 atom stereocenters. The molecule has 0 radical (unpaired) electrons. The highest BCUT2D eigenvalue weighted by Crippen LogP contribution is 2.28. The molecule has 0 spiro atoms. The van der Waals surface area contributed by atoms with Crippen LogP contribution in [0.3, 0.4) is 0 Å². The Labute approximate surface area is 118 Å². The topological polar surface area (TPSA) is 12.0 Å². The van der Waals surface area contributed by atoms with E-state index in [9.17, 15) is 0 Å². The van der Waals surface area contributed by atoms with Gasteiger partial charge in [-0.1, -0.05) is 41.4 Å². The SMILES string of the molecule is Cc1cccc([C@@H](C)NC(C)c2ccc(Cl)s2)c1. The molecule has 2 aromatic rings. The molecule has 96 valence electrons. The Morgan fingerprint density at radius 2 is 1.89 bits per heavy atom. The third-order valence-electron chi connectivity index (χ3n) is 3.06. The van der Waals surface area contributed by atoms with Crippen molar-refractivity contribution in [2.75, 3.05) is 0 Å². The van der Waals surface area contributed by atoms with Gasteiger partial charge in [0.05, 0.1) is 4.34 Å². The highest BCUT2D eigenvalue weighted by Gasteiger charge is 2.12. The van der Waals surface area contributed by atoms with Crippen LogP contribution in [0.2, 0.25) is 4.34 Å². The molecule has 0 bridgehead atoms. The van der Waals surface area contributed by atoms with Crippen molar-refractivity contribution in [3.63, 3.8) is 0 Å². The molecule has 0 aliphatic rings. The highest BCUT2D eigenvalue weighted by atomic mass is 35.5. The standard InChI is InChI=1S/C15H18ClNS/c1-10-5-4-6-13(9-10)11(2)17-12(3)14-7-8-15(16)18-14/h4-9,11-12,17H,1-3H3/t11-,12?/m1/s1. The van der Waals surface area contributed by atoms with Crippen LogP contribution in [0.4, 0.5) is 0 Å². The summed E-state index contributed by atoms with van der Waals surface area (Å²) in [7, 11) is 0. The van der Waals surface area contributed by atoms with E-state index in [1.807, 2.05) is 6.07 Å². The Balaban J connectivity index is 2.05. The van der Waals surface area contributed by atoms with E-state index >= 15 is 0 Å². The Bertz CT molecular complexity index is 521. The minimum absolute atomic E-state index is 0.318. The summed E-state index contributed by atoms with van der Waals surface area (Å²) in [5.41, 5.74) is 2.62. The van der Waals surface area contributed by atoms with Gasteiger partial charge in [0, 0.05) is 17.0 Å². The smallest absolute Gasteiger partial charge is 0.0931 e. The molecule has 0 fully saturated rings. The quantitative estimate of drug-likeness (QED) is 0.819. The summed E-state index contributed by atoms with van der Waals surface area (Å²) in [6.45, 7) is 6.49. The van der Waals surface area contributed by atoms with E-state index in [4.69, 9.17) is 11.6 Å². The van der Waals surface area contributed by atoms with Crippen LogP contribution in [0.5, 0.6) is 0 Å². The van der Waals surface area contributed by atoms with Gasteiger partial charge >= 0.3 is 0 Å². The van der Waals surface area contributed by atoms with E-state index in [-0.39, 0.29) is 0 Å². The van der Waals surface area contributed by atoms with Gasteiger partial charge in [-0.2, -0.15) is 0 Å². The summed E-state index contributed by atoms with van der Waals surface area (Å²) in [5, 5.41) is 3.60. The number of hydrogen-bond donors (Lipinski definition) is 1. The van der Waals surface area contributed by atoms with Crippen molar-refractivity contribution in [3.05, 3.63) is 56.7 Å². The number of rotatable bonds is 4. The summed E-state index contributed by atoms with van der Waals surface area (Å²) in [6.07, 6.45) is 0. The van der Waals surface area contributed by atoms with Crippen LogP contribution < -0.4 is 5.32 Å². The molecule has 0 saturated heterocycles. The Morgan fingerprint density at radius 1 is 1.11 bits per heavy atom. The number of benzene rings is 1. The van der Waals surface area contributed by atoms with E-state index in [1.165, 1.54) is 16.0 Å². The monoisotopic (exact) mass is 279 g/mol. The average Bonchev–Trinajstić information content (AvgIpc) is 2.76. The van der Waals surface area contributed by atoms with Crippen molar-refractivity contribution in [2.24, 2.45) is 0 Å². The summed E-state index contributed by atoms with van der Waals surface area (Å²) in [4.78, 5) is 1.28. The van der Waals surface area contributed by atoms with Crippen LogP contribution in [-0.2, 0) is 0 Å². The summed E-state index contributed by atoms with van der Waals surface area (Å²) in [5.74, 6) is 0. The van der Waals surface area contributed by atoms with Crippen molar-refractivity contribution < 1.29 is 0 Å². The maximum atomic E-state index is 5.97. The van der Waals surface area contributed by atoms with Crippen LogP contribution in [0.1, 0.15) is 41.9 Å². The zero-order chi connectivity index (χ0) is 13.1. The van der Waals surface area contributed by atoms with Gasteiger partial charge in [-0.25, -0.2) is 0 Å². The second-order valence-electron chi connectivity index (χ2n) is 4.67. The molecular formula is C15H18ClNS. The zero-order valence-electron chi connectivity index (χ0n) is 10.9. The molecule has 1 aromatic heterocycles. The van der Waals surface area contributed by atoms with Gasteiger partial charge in [-0.05, 0) is 38.5 Å². The number of nitrogens with one attached hydrogen (secondary N) is 1. The van der Waals surface area contributed by atoms with Crippen molar-refractivity contribution in [1.29, 1.82) is 0 Å². The van der Waals surface area contributed by atoms with Gasteiger partial charge in [-0.15, -0.1) is 11.3 Å². The van der Waals surface area contributed by atoms with Crippen molar-refractivity contribution >= 4 is 22.9 Å². The second kappa shape index (κ2) is 5.87. The molecule has 1 unspecified atom stereocenters. The Morgan fingerprint density at radius 3 is 2.50 bits per heavy atom. The van der Waals surface area contributed by atoms with E-state index < -0.39 is 0 Å². The average molecular weight is 280 g/mol. The molecule has 3 heteroatoms. The van der Waals surface area contributed by atoms with E-state index in [1.54, 1.807) is 11.3 Å². The predicted octanol–water partition coefficient (Wildman–Crippen LogP) is 5.12. The Hall–Kier alpha value is -0.830. The lowest BCUT2D eigenvalue weighted by atomic mass is 10.0. The van der Waals surface area contributed by atoms with Gasteiger partial charge in [0.1, 0.15) is 0 Å². The Kier molecular flexibility index (Phi) is 4.44. The first kappa shape index (κ1) is 13.6. The lowest BCUT2D eigenvalue weighted by Crippen LogP contribution is -2.21. The van der Waals surface area contributed by atoms with Gasteiger partial charge in [0.2, 0.25) is 0 Å². The van der Waals surface area contributed by atoms with Crippen LogP contribution in [0.25, 0.3) is 0 Å². The minimum Gasteiger partial charge on any atom is -0.303 e. The number of aryl methyl sites for hydroxylation is 1. The molecule has 1 aromatic carbocycles. The molecule has 18 heavy (non-hydrogen) atoms. The van der Waals surface area contributed by atoms with Gasteiger partial charge in [0.25, 0.3) is 0 Å². The van der Waals surface area contributed by atoms with E-state index in [0.717, 1.165) is 4.34 Å². The van der Waals surface area contributed by atoms with Gasteiger partial charge < -0.3 is 5.32 Å². The highest BCUT2D eigenvalue weighted by molar-refractivity contribution is 7.16. The van der Waals surface area contributed by atoms with Crippen LogP contribution in [0, 0.1) is 6.92 Å². The van der Waals surface area contributed by atoms with Gasteiger partial charge in [-0.3, -0.25) is 0 Å². The molecule has 1 nitrogen and oxygen atoms in total. The first-order valence-corrected chi connectivity index (χ1v) is 7.33. The minimum atomic E-state index is 0.318. The summed E-state index contributed by atoms with van der Waals surface area (Å²) in [6, 6.07) is 13.3. The van der Waals surface area contributed by atoms with Gasteiger partial charge in [0.15, 0.2) is 0 Å². The summed E-state index contributed by atoms with van der Waals surface area (Å²) >= 11 is 7.61. The molecule has 1 heterocycles. The zero-order valence-corrected chi connectivity index (χ0v) is 12.5. The molecule has 2 rings (SSSR count). The summed E-state index contributed by atoms with van der Waals surface area (Å²) < 4.78 is 0.849. The molecular weight excluding hydrogens is 262 g/mol. The van der Waals surface area contributed by atoms with Crippen molar-refractivity contribution in [3.8, 4) is 0 Å². The van der Waals surface area contributed by atoms with Crippen LogP contribution in [0.15, 0.2) is 36.4 Å². The number of halogens is 1. The van der Waals surface area contributed by atoms with Crippen molar-refractivity contribution in [1.82, 2.24) is 5.32 Å². The maximum Gasteiger partial charge on any atom is 0.0931 e. The fourth-order valence-electron chi connectivity index (χ4n) is 2.05. The van der Waals surface area contributed by atoms with Crippen LogP contribution in [-0.4, -0.2) is 0 Å². The first-order chi connectivity index (χ1) is 8.56. The first-order valence-electron chi connectivity index (χ1n) is 6.14. The fraction of sp³-hybridized carbons (Fsp3) is 0.333. The van der Waals surface area contributed by atoms with Crippen molar-refractivity contribution in [2.45, 2.75) is 32.9 Å². The molecule has 0 saturated carbocycles. The number of hydrogen-bond acceptors (Lipinski definition) is 2. The molecule has 0 aliphatic heterocycles. The lowest BCUT2D eigenvalue weighted by Gasteiger charge is -2.19. The molecule has 0 aliphatic carbocycles. The predicted molar refractivity (Wildman–Crippen MR) is 80.5 cm³/mol. The molecule has 0 amide bonds. The fourth-order valence-corrected chi connectivity index (χ4v) is 3.13. The second-order valence-corrected chi connectivity index (χ2v) is 6.41. The maximum absolute atomic E-state index is 5.97.